The Hall–Kier alpha value is -3.59. The molecule has 2 rings (SSSR count). The van der Waals surface area contributed by atoms with Gasteiger partial charge in [-0.3, -0.25) is 9.59 Å². The van der Waals surface area contributed by atoms with Crippen LogP contribution in [0.3, 0.4) is 0 Å². The van der Waals surface area contributed by atoms with Crippen molar-refractivity contribution in [1.29, 1.82) is 0 Å². The number of ether oxygens (including phenoxy) is 1. The van der Waals surface area contributed by atoms with Gasteiger partial charge in [0.1, 0.15) is 0 Å². The third-order valence-electron chi connectivity index (χ3n) is 3.09. The summed E-state index contributed by atoms with van der Waals surface area (Å²) in [5, 5.41) is 5.15. The summed E-state index contributed by atoms with van der Waals surface area (Å²) in [5.74, 6) is 4.46. The zero-order valence-electron chi connectivity index (χ0n) is 14.5. The molecule has 0 fully saturated rings. The Kier molecular flexibility index (Phi) is 6.52. The first-order chi connectivity index (χ1) is 12.4. The number of nitrogens with one attached hydrogen (secondary N) is 2. The van der Waals surface area contributed by atoms with Gasteiger partial charge in [-0.15, -0.1) is 0 Å². The summed E-state index contributed by atoms with van der Waals surface area (Å²) >= 11 is 0. The number of carbonyl (C=O) groups excluding carboxylic acids is 3. The number of hydrogen-bond acceptors (Lipinski definition) is 4. The zero-order chi connectivity index (χ0) is 18.9. The van der Waals surface area contributed by atoms with Crippen LogP contribution in [0.15, 0.2) is 48.5 Å². The molecule has 0 heterocycles. The van der Waals surface area contributed by atoms with E-state index in [-0.39, 0.29) is 24.0 Å². The normalized spacial score (nSPS) is 9.46. The van der Waals surface area contributed by atoms with Gasteiger partial charge < -0.3 is 15.4 Å². The van der Waals surface area contributed by atoms with Crippen LogP contribution in [0.1, 0.15) is 29.8 Å². The van der Waals surface area contributed by atoms with E-state index in [0.717, 1.165) is 5.56 Å². The molecule has 0 bridgehead atoms. The molecule has 2 amide bonds. The molecule has 2 aromatic rings. The van der Waals surface area contributed by atoms with Crippen molar-refractivity contribution in [1.82, 2.24) is 0 Å². The maximum atomic E-state index is 12.2. The van der Waals surface area contributed by atoms with Crippen LogP contribution in [0.25, 0.3) is 0 Å². The van der Waals surface area contributed by atoms with Gasteiger partial charge in [-0.1, -0.05) is 30.0 Å². The van der Waals surface area contributed by atoms with Crippen molar-refractivity contribution in [2.75, 3.05) is 17.2 Å². The van der Waals surface area contributed by atoms with Gasteiger partial charge in [-0.25, -0.2) is 4.79 Å². The Labute approximate surface area is 151 Å². The van der Waals surface area contributed by atoms with Gasteiger partial charge in [0.2, 0.25) is 11.8 Å². The molecule has 0 atom stereocenters. The topological polar surface area (TPSA) is 84.5 Å². The Morgan fingerprint density at radius 3 is 2.04 bits per heavy atom. The number of rotatable bonds is 4. The molecule has 0 aliphatic rings. The Balaban J connectivity index is 2.10. The van der Waals surface area contributed by atoms with E-state index in [0.29, 0.717) is 11.4 Å². The lowest BCUT2D eigenvalue weighted by molar-refractivity contribution is -0.115. The van der Waals surface area contributed by atoms with Crippen molar-refractivity contribution < 1.29 is 19.1 Å². The smallest absolute Gasteiger partial charge is 0.339 e. The average Bonchev–Trinajstić information content (AvgIpc) is 2.58. The van der Waals surface area contributed by atoms with Crippen LogP contribution in [0.5, 0.6) is 0 Å². The molecule has 6 nitrogen and oxygen atoms in total. The number of esters is 1. The van der Waals surface area contributed by atoms with Crippen molar-refractivity contribution in [3.05, 3.63) is 59.7 Å². The van der Waals surface area contributed by atoms with Gasteiger partial charge in [-0.05, 0) is 30.3 Å². The molecule has 6 heteroatoms. The molecule has 0 saturated heterocycles. The summed E-state index contributed by atoms with van der Waals surface area (Å²) in [5.41, 5.74) is 1.78. The third kappa shape index (κ3) is 6.13. The summed E-state index contributed by atoms with van der Waals surface area (Å²) in [6.45, 7) is 2.62. The van der Waals surface area contributed by atoms with Gasteiger partial charge in [0.05, 0.1) is 5.56 Å². The fraction of sp³-hybridized carbons (Fsp3) is 0.150. The lowest BCUT2D eigenvalue weighted by Gasteiger charge is -2.10. The van der Waals surface area contributed by atoms with E-state index in [2.05, 4.69) is 22.5 Å². The van der Waals surface area contributed by atoms with E-state index >= 15 is 0 Å². The number of benzene rings is 2. The molecule has 0 aliphatic heterocycles. The summed E-state index contributed by atoms with van der Waals surface area (Å²) in [4.78, 5) is 34.7. The largest absolute Gasteiger partial charge is 0.449 e. The maximum absolute atomic E-state index is 12.2. The van der Waals surface area contributed by atoms with Crippen molar-refractivity contribution in [3.63, 3.8) is 0 Å². The monoisotopic (exact) mass is 350 g/mol. The van der Waals surface area contributed by atoms with Crippen molar-refractivity contribution >= 4 is 29.2 Å². The van der Waals surface area contributed by atoms with Crippen LogP contribution in [0.4, 0.5) is 11.4 Å². The van der Waals surface area contributed by atoms with E-state index in [9.17, 15) is 14.4 Å². The second kappa shape index (κ2) is 9.04. The molecular weight excluding hydrogens is 332 g/mol. The van der Waals surface area contributed by atoms with Crippen LogP contribution in [-0.2, 0) is 14.3 Å². The number of anilines is 2. The van der Waals surface area contributed by atoms with Crippen LogP contribution >= 0.6 is 0 Å². The molecule has 0 radical (unpaired) electrons. The maximum Gasteiger partial charge on any atom is 0.339 e. The highest BCUT2D eigenvalue weighted by Gasteiger charge is 2.11. The minimum absolute atomic E-state index is 0.0758. The predicted molar refractivity (Wildman–Crippen MR) is 98.7 cm³/mol. The standard InChI is InChI=1S/C20H18N2O4/c1-14(23)21-18-11-17(12-19(13-18)22-15(2)24)20(25)26-10-6-9-16-7-4-3-5-8-16/h3-5,7-8,11-13H,10H2,1-2H3,(H,21,23)(H,22,24). The quantitative estimate of drug-likeness (QED) is 0.656. The number of hydrogen-bond donors (Lipinski definition) is 2. The van der Waals surface area contributed by atoms with Crippen LogP contribution in [0.2, 0.25) is 0 Å². The SMILES string of the molecule is CC(=O)Nc1cc(NC(C)=O)cc(C(=O)OCC#Cc2ccccc2)c1. The number of amides is 2. The van der Waals surface area contributed by atoms with Gasteiger partial charge in [0, 0.05) is 30.8 Å². The first-order valence-electron chi connectivity index (χ1n) is 7.85. The van der Waals surface area contributed by atoms with Gasteiger partial charge in [-0.2, -0.15) is 0 Å². The third-order valence-corrected chi connectivity index (χ3v) is 3.09. The Morgan fingerprint density at radius 2 is 1.50 bits per heavy atom. The second-order valence-corrected chi connectivity index (χ2v) is 5.41. The minimum atomic E-state index is -0.605. The van der Waals surface area contributed by atoms with Crippen LogP contribution in [-0.4, -0.2) is 24.4 Å². The Bertz CT molecular complexity index is 845. The molecule has 132 valence electrons. The predicted octanol–water partition coefficient (Wildman–Crippen LogP) is 2.81. The molecule has 2 N–H and O–H groups in total. The van der Waals surface area contributed by atoms with Gasteiger partial charge >= 0.3 is 5.97 Å². The second-order valence-electron chi connectivity index (χ2n) is 5.41. The molecule has 26 heavy (non-hydrogen) atoms. The number of carbonyl (C=O) groups is 3. The lowest BCUT2D eigenvalue weighted by atomic mass is 10.1. The van der Waals surface area contributed by atoms with Crippen molar-refractivity contribution in [2.24, 2.45) is 0 Å². The highest BCUT2D eigenvalue weighted by atomic mass is 16.5. The summed E-state index contributed by atoms with van der Waals surface area (Å²) in [6, 6.07) is 13.8. The molecular formula is C20H18N2O4. The molecule has 2 aromatic carbocycles. The highest BCUT2D eigenvalue weighted by molar-refractivity contribution is 5.97. The summed E-state index contributed by atoms with van der Waals surface area (Å²) < 4.78 is 5.13. The Morgan fingerprint density at radius 1 is 0.923 bits per heavy atom. The van der Waals surface area contributed by atoms with E-state index < -0.39 is 5.97 Å². The molecule has 0 unspecified atom stereocenters. The molecule has 0 spiro atoms. The van der Waals surface area contributed by atoms with E-state index in [1.807, 2.05) is 30.3 Å². The molecule has 0 saturated carbocycles. The fourth-order valence-electron chi connectivity index (χ4n) is 2.14. The summed E-state index contributed by atoms with van der Waals surface area (Å²) in [6.07, 6.45) is 0. The van der Waals surface area contributed by atoms with E-state index in [1.165, 1.54) is 26.0 Å². The lowest BCUT2D eigenvalue weighted by Crippen LogP contribution is -2.12. The van der Waals surface area contributed by atoms with Crippen LogP contribution < -0.4 is 10.6 Å². The van der Waals surface area contributed by atoms with Gasteiger partial charge in [0.25, 0.3) is 0 Å². The van der Waals surface area contributed by atoms with Crippen molar-refractivity contribution in [2.45, 2.75) is 13.8 Å². The fourth-order valence-corrected chi connectivity index (χ4v) is 2.14. The molecule has 0 aromatic heterocycles. The average molecular weight is 350 g/mol. The van der Waals surface area contributed by atoms with Gasteiger partial charge in [0.15, 0.2) is 6.61 Å². The first kappa shape index (κ1) is 18.7. The zero-order valence-corrected chi connectivity index (χ0v) is 14.5. The van der Waals surface area contributed by atoms with Crippen LogP contribution in [0, 0.1) is 11.8 Å². The minimum Gasteiger partial charge on any atom is -0.449 e. The van der Waals surface area contributed by atoms with E-state index in [4.69, 9.17) is 4.74 Å². The molecule has 0 aliphatic carbocycles. The van der Waals surface area contributed by atoms with Crippen molar-refractivity contribution in [3.8, 4) is 11.8 Å². The summed E-state index contributed by atoms with van der Waals surface area (Å²) in [7, 11) is 0. The van der Waals surface area contributed by atoms with E-state index in [1.54, 1.807) is 6.07 Å². The highest BCUT2D eigenvalue weighted by Crippen LogP contribution is 2.20. The first-order valence-corrected chi connectivity index (χ1v) is 7.85.